The van der Waals surface area contributed by atoms with Crippen molar-refractivity contribution in [2.75, 3.05) is 34.0 Å². The lowest BCUT2D eigenvalue weighted by Crippen LogP contribution is -2.67. The van der Waals surface area contributed by atoms with E-state index in [0.29, 0.717) is 32.2 Å². The van der Waals surface area contributed by atoms with Crippen LogP contribution in [0, 0.1) is 17.3 Å². The smallest absolute Gasteiger partial charge is 0.181 e. The Morgan fingerprint density at radius 2 is 1.62 bits per heavy atom. The van der Waals surface area contributed by atoms with Gasteiger partial charge in [-0.05, 0) is 53.9 Å². The molecule has 2 aromatic carbocycles. The summed E-state index contributed by atoms with van der Waals surface area (Å²) in [6.45, 7) is 10.9. The van der Waals surface area contributed by atoms with Gasteiger partial charge in [-0.2, -0.15) is 0 Å². The van der Waals surface area contributed by atoms with Gasteiger partial charge in [-0.25, -0.2) is 4.84 Å². The summed E-state index contributed by atoms with van der Waals surface area (Å²) in [6, 6.07) is 17.1. The Hall–Kier alpha value is -2.20. The number of methoxy groups -OCH3 is 2. The number of rotatable bonds is 7. The van der Waals surface area contributed by atoms with Gasteiger partial charge in [-0.1, -0.05) is 82.2 Å². The fraction of sp³-hybridized carbons (Fsp3) is 0.676. The molecule has 5 fully saturated rings. The van der Waals surface area contributed by atoms with Crippen molar-refractivity contribution in [1.82, 2.24) is 5.23 Å². The van der Waals surface area contributed by atoms with Crippen LogP contribution >= 0.6 is 0 Å². The molecule has 6 atom stereocenters. The molecule has 2 aromatic rings. The molecule has 0 N–H and O–H groups in total. The van der Waals surface area contributed by atoms with Crippen LogP contribution in [0.25, 0.3) is 0 Å². The summed E-state index contributed by atoms with van der Waals surface area (Å²) in [5.74, 6) is 1.10. The fourth-order valence-corrected chi connectivity index (χ4v) is 9.02. The van der Waals surface area contributed by atoms with E-state index in [4.69, 9.17) is 33.4 Å². The predicted molar refractivity (Wildman–Crippen MR) is 170 cm³/mol. The number of hydrogen-bond donors (Lipinski definition) is 0. The zero-order chi connectivity index (χ0) is 31.5. The van der Waals surface area contributed by atoms with Crippen LogP contribution in [-0.2, 0) is 34.7 Å². The van der Waals surface area contributed by atoms with Gasteiger partial charge >= 0.3 is 0 Å². The van der Waals surface area contributed by atoms with E-state index in [9.17, 15) is 0 Å². The molecule has 8 nitrogen and oxygen atoms in total. The zero-order valence-electron chi connectivity index (χ0n) is 27.9. The van der Waals surface area contributed by atoms with Crippen molar-refractivity contribution in [1.29, 1.82) is 0 Å². The summed E-state index contributed by atoms with van der Waals surface area (Å²) in [5.41, 5.74) is 2.16. The molecule has 0 bridgehead atoms. The van der Waals surface area contributed by atoms with Gasteiger partial charge in [-0.3, -0.25) is 4.84 Å². The van der Waals surface area contributed by atoms with Gasteiger partial charge in [0, 0.05) is 23.7 Å². The van der Waals surface area contributed by atoms with Crippen molar-refractivity contribution < 1.29 is 33.4 Å². The summed E-state index contributed by atoms with van der Waals surface area (Å²) in [7, 11) is 3.37. The first-order valence-corrected chi connectivity index (χ1v) is 16.9. The number of nitrogens with zero attached hydrogens (tertiary/aromatic N) is 1. The molecule has 5 aliphatic rings. The summed E-state index contributed by atoms with van der Waals surface area (Å²) in [4.78, 5) is 13.1. The van der Waals surface area contributed by atoms with Gasteiger partial charge in [0.05, 0.1) is 52.1 Å². The number of hydrogen-bond acceptors (Lipinski definition) is 8. The highest BCUT2D eigenvalue weighted by molar-refractivity contribution is 5.46. The van der Waals surface area contributed by atoms with Crippen LogP contribution in [0.5, 0.6) is 11.5 Å². The molecule has 0 amide bonds. The number of benzene rings is 2. The van der Waals surface area contributed by atoms with Crippen molar-refractivity contribution >= 4 is 0 Å². The second-order valence-electron chi connectivity index (χ2n) is 15.3. The Labute approximate surface area is 268 Å². The second kappa shape index (κ2) is 11.8. The van der Waals surface area contributed by atoms with Gasteiger partial charge < -0.3 is 23.7 Å². The monoisotopic (exact) mass is 621 g/mol. The van der Waals surface area contributed by atoms with Crippen LogP contribution in [-0.4, -0.2) is 63.5 Å². The topological polar surface area (TPSA) is 67.9 Å². The predicted octanol–water partition coefficient (Wildman–Crippen LogP) is 6.95. The second-order valence-corrected chi connectivity index (χ2v) is 15.3. The van der Waals surface area contributed by atoms with Crippen LogP contribution in [0.15, 0.2) is 48.5 Å². The Morgan fingerprint density at radius 3 is 2.36 bits per heavy atom. The number of fused-ring (bicyclic) bond motifs is 1. The molecule has 3 saturated heterocycles. The molecule has 8 heteroatoms. The minimum atomic E-state index is -0.694. The van der Waals surface area contributed by atoms with Gasteiger partial charge in [0.15, 0.2) is 23.6 Å². The van der Waals surface area contributed by atoms with Gasteiger partial charge in [0.1, 0.15) is 0 Å². The third kappa shape index (κ3) is 5.39. The number of ether oxygens (including phenoxy) is 5. The molecule has 0 unspecified atom stereocenters. The van der Waals surface area contributed by atoms with Crippen LogP contribution in [0.3, 0.4) is 0 Å². The van der Waals surface area contributed by atoms with Crippen molar-refractivity contribution in [2.24, 2.45) is 17.3 Å². The highest BCUT2D eigenvalue weighted by Crippen LogP contribution is 2.59. The maximum absolute atomic E-state index is 7.10. The van der Waals surface area contributed by atoms with Gasteiger partial charge in [0.2, 0.25) is 0 Å². The van der Waals surface area contributed by atoms with E-state index in [1.807, 2.05) is 6.07 Å². The molecule has 1 spiro atoms. The molecule has 0 aromatic heterocycles. The first-order chi connectivity index (χ1) is 21.6. The standard InChI is InChI=1S/C37H51NO7/c1-34(2)23-41-37(42-24-34)19-18-36(26-16-17-30(39-5)31(20-26)40-6)21-32(45-38-33(36)28(37)22-43-38)44-29-15-11-10-14-27(29)35(3,4)25-12-8-7-9-13-25/h7-9,12-13,16-17,20,27-29,32-33H,10-11,14-15,18-19,21-24H2,1-6H3/t27-,28+,29-,32+,33+,36+/m1/s1. The van der Waals surface area contributed by atoms with Crippen molar-refractivity contribution in [3.63, 3.8) is 0 Å². The maximum Gasteiger partial charge on any atom is 0.181 e. The summed E-state index contributed by atoms with van der Waals surface area (Å²) in [5, 5.41) is 1.75. The number of hydroxylamine groups is 2. The van der Waals surface area contributed by atoms with Crippen molar-refractivity contribution in [2.45, 2.75) is 108 Å². The summed E-state index contributed by atoms with van der Waals surface area (Å²) < 4.78 is 31.8. The largest absolute Gasteiger partial charge is 0.493 e. The normalized spacial score (nSPS) is 34.3. The van der Waals surface area contributed by atoms with E-state index >= 15 is 0 Å². The highest BCUT2D eigenvalue weighted by atomic mass is 17.0. The van der Waals surface area contributed by atoms with E-state index in [0.717, 1.165) is 43.6 Å². The first kappa shape index (κ1) is 31.4. The van der Waals surface area contributed by atoms with Gasteiger partial charge in [0.25, 0.3) is 0 Å². The molecular formula is C37H51NO7. The van der Waals surface area contributed by atoms with E-state index in [-0.39, 0.29) is 34.3 Å². The minimum absolute atomic E-state index is 0.0177. The molecular weight excluding hydrogens is 570 g/mol. The average molecular weight is 622 g/mol. The van der Waals surface area contributed by atoms with Crippen LogP contribution in [0.2, 0.25) is 0 Å². The van der Waals surface area contributed by atoms with Gasteiger partial charge in [-0.15, -0.1) is 0 Å². The highest BCUT2D eigenvalue weighted by Gasteiger charge is 2.67. The minimum Gasteiger partial charge on any atom is -0.493 e. The van der Waals surface area contributed by atoms with Crippen LogP contribution in [0.1, 0.15) is 83.8 Å². The lowest BCUT2D eigenvalue weighted by atomic mass is 9.58. The summed E-state index contributed by atoms with van der Waals surface area (Å²) in [6.07, 6.45) is 6.51. The van der Waals surface area contributed by atoms with Crippen LogP contribution in [0.4, 0.5) is 0 Å². The Bertz CT molecular complexity index is 1340. The third-order valence-electron chi connectivity index (χ3n) is 11.6. The van der Waals surface area contributed by atoms with Crippen molar-refractivity contribution in [3.8, 4) is 11.5 Å². The molecule has 3 heterocycles. The quantitative estimate of drug-likeness (QED) is 0.329. The molecule has 2 aliphatic carbocycles. The van der Waals surface area contributed by atoms with Crippen molar-refractivity contribution in [3.05, 3.63) is 59.7 Å². The zero-order valence-corrected chi connectivity index (χ0v) is 27.9. The maximum atomic E-state index is 7.10. The fourth-order valence-electron chi connectivity index (χ4n) is 9.02. The van der Waals surface area contributed by atoms with E-state index in [1.54, 1.807) is 19.4 Å². The van der Waals surface area contributed by atoms with E-state index in [1.165, 1.54) is 17.5 Å². The first-order valence-electron chi connectivity index (χ1n) is 16.9. The molecule has 2 saturated carbocycles. The van der Waals surface area contributed by atoms with Crippen LogP contribution < -0.4 is 9.47 Å². The SMILES string of the molecule is COc1ccc([C@]23CCC4(OCC(C)(C)CO4)[C@H]4CON(O[C@H](O[C@@H]5CCCC[C@H]5C(C)(C)c5ccccc5)C2)[C@@H]43)cc1OC. The summed E-state index contributed by atoms with van der Waals surface area (Å²) >= 11 is 0. The van der Waals surface area contributed by atoms with E-state index < -0.39 is 12.1 Å². The Morgan fingerprint density at radius 1 is 0.889 bits per heavy atom. The Balaban J connectivity index is 1.22. The van der Waals surface area contributed by atoms with E-state index in [2.05, 4.69) is 70.2 Å². The molecule has 7 rings (SSSR count). The third-order valence-corrected chi connectivity index (χ3v) is 11.6. The molecule has 3 aliphatic heterocycles. The molecule has 45 heavy (non-hydrogen) atoms. The lowest BCUT2D eigenvalue weighted by molar-refractivity contribution is -0.451. The molecule has 246 valence electrons. The Kier molecular flexibility index (Phi) is 8.23. The molecule has 0 radical (unpaired) electrons. The average Bonchev–Trinajstić information content (AvgIpc) is 3.50. The lowest BCUT2D eigenvalue weighted by Gasteiger charge is -2.58.